The van der Waals surface area contributed by atoms with Gasteiger partial charge in [-0.3, -0.25) is 4.79 Å². The van der Waals surface area contributed by atoms with Crippen LogP contribution in [0.1, 0.15) is 51.0 Å². The van der Waals surface area contributed by atoms with E-state index in [1.54, 1.807) is 0 Å². The van der Waals surface area contributed by atoms with E-state index in [9.17, 15) is 4.79 Å². The highest BCUT2D eigenvalue weighted by Crippen LogP contribution is 2.60. The summed E-state index contributed by atoms with van der Waals surface area (Å²) in [6, 6.07) is 8.28. The summed E-state index contributed by atoms with van der Waals surface area (Å²) in [7, 11) is 4.06. The highest BCUT2D eigenvalue weighted by Gasteiger charge is 2.54. The molecule has 134 valence electrons. The van der Waals surface area contributed by atoms with E-state index >= 15 is 0 Å². The highest BCUT2D eigenvalue weighted by molar-refractivity contribution is 5.99. The minimum Gasteiger partial charge on any atom is -0.378 e. The fourth-order valence-corrected chi connectivity index (χ4v) is 5.71. The molecule has 0 atom stereocenters. The summed E-state index contributed by atoms with van der Waals surface area (Å²) in [5.41, 5.74) is 5.86. The van der Waals surface area contributed by atoms with Crippen LogP contribution in [-0.4, -0.2) is 25.7 Å². The fourth-order valence-electron chi connectivity index (χ4n) is 5.71. The maximum atomic E-state index is 13.0. The van der Waals surface area contributed by atoms with E-state index in [0.717, 1.165) is 54.0 Å². The maximum absolute atomic E-state index is 13.0. The number of rotatable bonds is 4. The summed E-state index contributed by atoms with van der Waals surface area (Å²) in [6.45, 7) is 1.96. The predicted octanol–water partition coefficient (Wildman–Crippen LogP) is 3.81. The number of hydrogen-bond acceptors (Lipinski definition) is 3. The van der Waals surface area contributed by atoms with Gasteiger partial charge < -0.3 is 4.90 Å². The second-order valence-electron chi connectivity index (χ2n) is 8.78. The molecule has 4 bridgehead atoms. The van der Waals surface area contributed by atoms with Crippen LogP contribution in [0.5, 0.6) is 0 Å². The van der Waals surface area contributed by atoms with Gasteiger partial charge >= 0.3 is 0 Å². The molecule has 1 N–H and O–H groups in total. The normalized spacial score (nSPS) is 33.4. The number of carbonyl (C=O) groups is 1. The molecule has 4 aliphatic rings. The Hall–Kier alpha value is -1.84. The summed E-state index contributed by atoms with van der Waals surface area (Å²) in [5.74, 6) is 2.50. The van der Waals surface area contributed by atoms with Crippen molar-refractivity contribution < 1.29 is 4.79 Å². The summed E-state index contributed by atoms with van der Waals surface area (Å²) >= 11 is 0. The van der Waals surface area contributed by atoms with Crippen molar-refractivity contribution in [2.75, 3.05) is 19.0 Å². The van der Waals surface area contributed by atoms with Crippen molar-refractivity contribution >= 4 is 17.3 Å². The third kappa shape index (κ3) is 3.07. The summed E-state index contributed by atoms with van der Waals surface area (Å²) in [4.78, 5) is 15.0. The quantitative estimate of drug-likeness (QED) is 0.670. The Morgan fingerprint density at radius 3 is 2.04 bits per heavy atom. The van der Waals surface area contributed by atoms with Gasteiger partial charge in [0.1, 0.15) is 0 Å². The number of carbonyl (C=O) groups excluding carboxylic acids is 1. The van der Waals surface area contributed by atoms with Crippen molar-refractivity contribution in [1.29, 1.82) is 0 Å². The SMILES string of the molecule is C/C(=N/NC(=O)C12CC3CC(CC(C3)C1)C2)c1ccc(N(C)C)cc1. The van der Waals surface area contributed by atoms with Gasteiger partial charge in [0.05, 0.1) is 11.1 Å². The average Bonchev–Trinajstić information content (AvgIpc) is 2.58. The Labute approximate surface area is 150 Å². The van der Waals surface area contributed by atoms with Crippen LogP contribution in [0, 0.1) is 23.2 Å². The Bertz CT molecular complexity index is 654. The van der Waals surface area contributed by atoms with Crippen molar-refractivity contribution in [3.63, 3.8) is 0 Å². The van der Waals surface area contributed by atoms with Crippen LogP contribution in [0.25, 0.3) is 0 Å². The number of nitrogens with one attached hydrogen (secondary N) is 1. The molecule has 1 amide bonds. The summed E-state index contributed by atoms with van der Waals surface area (Å²) in [5, 5.41) is 4.43. The van der Waals surface area contributed by atoms with E-state index in [1.807, 2.05) is 21.0 Å². The van der Waals surface area contributed by atoms with Gasteiger partial charge in [-0.1, -0.05) is 12.1 Å². The smallest absolute Gasteiger partial charge is 0.246 e. The van der Waals surface area contributed by atoms with E-state index in [0.29, 0.717) is 0 Å². The van der Waals surface area contributed by atoms with E-state index < -0.39 is 0 Å². The highest BCUT2D eigenvalue weighted by atomic mass is 16.2. The van der Waals surface area contributed by atoms with Gasteiger partial charge in [0, 0.05) is 19.8 Å². The van der Waals surface area contributed by atoms with Crippen LogP contribution in [0.15, 0.2) is 29.4 Å². The standard InChI is InChI=1S/C21H29N3O/c1-14(18-4-6-19(7-5-18)24(2)3)22-23-20(25)21-11-15-8-16(12-21)10-17(9-15)13-21/h4-7,15-17H,8-13H2,1-3H3,(H,23,25)/b22-14-. The lowest BCUT2D eigenvalue weighted by Gasteiger charge is -2.55. The summed E-state index contributed by atoms with van der Waals surface area (Å²) in [6.07, 6.45) is 7.30. The first kappa shape index (κ1) is 16.6. The number of hydrazone groups is 1. The molecule has 0 unspecified atom stereocenters. The molecule has 0 saturated heterocycles. The molecule has 4 heteroatoms. The van der Waals surface area contributed by atoms with Crippen molar-refractivity contribution in [2.45, 2.75) is 45.4 Å². The van der Waals surface area contributed by atoms with Crippen molar-refractivity contribution in [3.8, 4) is 0 Å². The van der Waals surface area contributed by atoms with Gasteiger partial charge in [0.15, 0.2) is 0 Å². The van der Waals surface area contributed by atoms with Crippen LogP contribution < -0.4 is 10.3 Å². The molecule has 0 aromatic heterocycles. The minimum absolute atomic E-state index is 0.132. The number of anilines is 1. The molecule has 1 aromatic carbocycles. The molecule has 0 radical (unpaired) electrons. The van der Waals surface area contributed by atoms with Crippen molar-refractivity contribution in [3.05, 3.63) is 29.8 Å². The predicted molar refractivity (Wildman–Crippen MR) is 102 cm³/mol. The summed E-state index contributed by atoms with van der Waals surface area (Å²) < 4.78 is 0. The zero-order valence-corrected chi connectivity index (χ0v) is 15.6. The second kappa shape index (κ2) is 6.15. The Balaban J connectivity index is 1.45. The van der Waals surface area contributed by atoms with Crippen LogP contribution >= 0.6 is 0 Å². The lowest BCUT2D eigenvalue weighted by Crippen LogP contribution is -2.52. The molecule has 0 aliphatic heterocycles. The van der Waals surface area contributed by atoms with E-state index in [1.165, 1.54) is 19.3 Å². The van der Waals surface area contributed by atoms with E-state index in [4.69, 9.17) is 0 Å². The average molecular weight is 339 g/mol. The molecule has 1 aromatic rings. The van der Waals surface area contributed by atoms with Gasteiger partial charge in [0.25, 0.3) is 0 Å². The Morgan fingerprint density at radius 1 is 1.04 bits per heavy atom. The zero-order chi connectivity index (χ0) is 17.6. The number of hydrogen-bond donors (Lipinski definition) is 1. The van der Waals surface area contributed by atoms with Gasteiger partial charge in [-0.2, -0.15) is 5.10 Å². The van der Waals surface area contributed by atoms with Gasteiger partial charge in [0.2, 0.25) is 5.91 Å². The molecular weight excluding hydrogens is 310 g/mol. The molecular formula is C21H29N3O. The first-order valence-electron chi connectivity index (χ1n) is 9.58. The van der Waals surface area contributed by atoms with Crippen LogP contribution in [0.3, 0.4) is 0 Å². The fraction of sp³-hybridized carbons (Fsp3) is 0.619. The van der Waals surface area contributed by atoms with Crippen LogP contribution in [-0.2, 0) is 4.79 Å². The zero-order valence-electron chi connectivity index (χ0n) is 15.6. The molecule has 5 rings (SSSR count). The first-order chi connectivity index (χ1) is 11.9. The van der Waals surface area contributed by atoms with Gasteiger partial charge in [-0.05, 0) is 80.9 Å². The van der Waals surface area contributed by atoms with Crippen LogP contribution in [0.2, 0.25) is 0 Å². The van der Waals surface area contributed by atoms with E-state index in [-0.39, 0.29) is 11.3 Å². The van der Waals surface area contributed by atoms with Gasteiger partial charge in [-0.25, -0.2) is 5.43 Å². The van der Waals surface area contributed by atoms with E-state index in [2.05, 4.69) is 39.7 Å². The van der Waals surface area contributed by atoms with Gasteiger partial charge in [-0.15, -0.1) is 0 Å². The number of nitrogens with zero attached hydrogens (tertiary/aromatic N) is 2. The topological polar surface area (TPSA) is 44.7 Å². The largest absolute Gasteiger partial charge is 0.378 e. The minimum atomic E-state index is -0.132. The third-order valence-electron chi connectivity index (χ3n) is 6.65. The molecule has 4 fully saturated rings. The van der Waals surface area contributed by atoms with Crippen LogP contribution in [0.4, 0.5) is 5.69 Å². The maximum Gasteiger partial charge on any atom is 0.246 e. The van der Waals surface area contributed by atoms with Crippen molar-refractivity contribution in [2.24, 2.45) is 28.3 Å². The molecule has 25 heavy (non-hydrogen) atoms. The molecule has 0 heterocycles. The number of benzene rings is 1. The van der Waals surface area contributed by atoms with Crippen molar-refractivity contribution in [1.82, 2.24) is 5.43 Å². The number of amides is 1. The molecule has 0 spiro atoms. The Morgan fingerprint density at radius 2 is 1.56 bits per heavy atom. The molecule has 4 aliphatic carbocycles. The monoisotopic (exact) mass is 339 g/mol. The molecule has 4 saturated carbocycles. The third-order valence-corrected chi connectivity index (χ3v) is 6.65. The second-order valence-corrected chi connectivity index (χ2v) is 8.78. The lowest BCUT2D eigenvalue weighted by atomic mass is 9.49. The Kier molecular flexibility index (Phi) is 4.09. The lowest BCUT2D eigenvalue weighted by molar-refractivity contribution is -0.146. The first-order valence-corrected chi connectivity index (χ1v) is 9.58. The molecule has 4 nitrogen and oxygen atoms in total.